The van der Waals surface area contributed by atoms with Crippen molar-refractivity contribution in [1.82, 2.24) is 0 Å². The van der Waals surface area contributed by atoms with E-state index < -0.39 is 0 Å². The van der Waals surface area contributed by atoms with Crippen LogP contribution in [0, 0.1) is 0 Å². The van der Waals surface area contributed by atoms with Gasteiger partial charge in [0, 0.05) is 6.54 Å². The highest BCUT2D eigenvalue weighted by molar-refractivity contribution is 5.26. The summed E-state index contributed by atoms with van der Waals surface area (Å²) in [4.78, 5) is 0. The molecule has 0 aliphatic carbocycles. The first-order valence-electron chi connectivity index (χ1n) is 6.51. The zero-order valence-electron chi connectivity index (χ0n) is 12.0. The minimum absolute atomic E-state index is 0.587. The Hall–Kier alpha value is -1.10. The van der Waals surface area contributed by atoms with Crippen LogP contribution in [0.15, 0.2) is 24.3 Å². The molecule has 0 aliphatic heterocycles. The number of hydrogen-bond acceptors (Lipinski definition) is 4. The predicted molar refractivity (Wildman–Crippen MR) is 79.6 cm³/mol. The van der Waals surface area contributed by atoms with Gasteiger partial charge in [0.1, 0.15) is 5.75 Å². The Morgan fingerprint density at radius 1 is 0.889 bits per heavy atom. The molecule has 4 heteroatoms. The Labute approximate surface area is 111 Å². The first kappa shape index (κ1) is 19.2. The highest BCUT2D eigenvalue weighted by atomic mass is 16.5. The fraction of sp³-hybridized carbons (Fsp3) is 0.571. The molecule has 0 spiro atoms. The lowest BCUT2D eigenvalue weighted by atomic mass is 10.2. The smallest absolute Gasteiger partial charge is 0.118 e. The monoisotopic (exact) mass is 255 g/mol. The highest BCUT2D eigenvalue weighted by Crippen LogP contribution is 2.10. The van der Waals surface area contributed by atoms with E-state index in [0.29, 0.717) is 6.54 Å². The van der Waals surface area contributed by atoms with Crippen molar-refractivity contribution < 1.29 is 4.74 Å². The van der Waals surface area contributed by atoms with Crippen molar-refractivity contribution in [2.75, 3.05) is 20.2 Å². The molecule has 0 heterocycles. The van der Waals surface area contributed by atoms with Gasteiger partial charge in [-0.15, -0.1) is 0 Å². The van der Waals surface area contributed by atoms with Crippen molar-refractivity contribution in [1.29, 1.82) is 0 Å². The van der Waals surface area contributed by atoms with E-state index >= 15 is 0 Å². The van der Waals surface area contributed by atoms with Crippen LogP contribution in [0.25, 0.3) is 0 Å². The molecule has 0 saturated heterocycles. The van der Waals surface area contributed by atoms with E-state index in [2.05, 4.69) is 0 Å². The van der Waals surface area contributed by atoms with E-state index in [1.54, 1.807) is 7.11 Å². The molecule has 1 aromatic rings. The van der Waals surface area contributed by atoms with Gasteiger partial charge in [0.25, 0.3) is 0 Å². The van der Waals surface area contributed by atoms with E-state index in [0.717, 1.165) is 37.2 Å². The van der Waals surface area contributed by atoms with Crippen LogP contribution in [-0.4, -0.2) is 20.2 Å². The molecule has 0 amide bonds. The molecule has 0 saturated carbocycles. The van der Waals surface area contributed by atoms with Gasteiger partial charge in [0.05, 0.1) is 7.11 Å². The molecule has 0 bridgehead atoms. The van der Waals surface area contributed by atoms with Gasteiger partial charge in [-0.05, 0) is 43.6 Å². The predicted octanol–water partition coefficient (Wildman–Crippen LogP) is 1.86. The summed E-state index contributed by atoms with van der Waals surface area (Å²) in [5, 5.41) is 0. The fourth-order valence-corrected chi connectivity index (χ4v) is 1.05. The lowest BCUT2D eigenvalue weighted by molar-refractivity contribution is 0.414. The van der Waals surface area contributed by atoms with Crippen LogP contribution in [-0.2, 0) is 6.54 Å². The molecule has 0 aromatic heterocycles. The van der Waals surface area contributed by atoms with Gasteiger partial charge in [-0.3, -0.25) is 0 Å². The van der Waals surface area contributed by atoms with Crippen LogP contribution < -0.4 is 21.9 Å². The Balaban J connectivity index is 0. The third-order valence-electron chi connectivity index (χ3n) is 2.05. The van der Waals surface area contributed by atoms with Gasteiger partial charge in [-0.2, -0.15) is 0 Å². The molecular formula is C14H29N3O. The second kappa shape index (κ2) is 15.9. The maximum Gasteiger partial charge on any atom is 0.118 e. The van der Waals surface area contributed by atoms with Crippen molar-refractivity contribution in [3.63, 3.8) is 0 Å². The van der Waals surface area contributed by atoms with Gasteiger partial charge in [0.15, 0.2) is 0 Å². The Bertz CT molecular complexity index is 223. The maximum absolute atomic E-state index is 5.40. The van der Waals surface area contributed by atoms with Crippen LogP contribution in [0.2, 0.25) is 0 Å². The van der Waals surface area contributed by atoms with Gasteiger partial charge in [-0.25, -0.2) is 0 Å². The van der Waals surface area contributed by atoms with Crippen LogP contribution in [0.1, 0.15) is 32.3 Å². The molecule has 4 nitrogen and oxygen atoms in total. The Kier molecular flexibility index (Phi) is 17.0. The number of nitrogens with two attached hydrogens (primary N) is 3. The van der Waals surface area contributed by atoms with E-state index in [1.807, 2.05) is 38.1 Å². The van der Waals surface area contributed by atoms with E-state index in [1.165, 1.54) is 0 Å². The standard InChI is InChI=1S/C8H11NO.C4H12N2.C2H6/c1-10-8-4-2-7(6-9)3-5-8;5-3-1-2-4-6;1-2/h2-5H,6,9H2,1H3;1-6H2;1-2H3. The Morgan fingerprint density at radius 3 is 1.61 bits per heavy atom. The van der Waals surface area contributed by atoms with Crippen molar-refractivity contribution in [3.05, 3.63) is 29.8 Å². The summed E-state index contributed by atoms with van der Waals surface area (Å²) in [7, 11) is 1.65. The number of unbranched alkanes of at least 4 members (excludes halogenated alkanes) is 1. The first-order valence-corrected chi connectivity index (χ1v) is 6.51. The topological polar surface area (TPSA) is 87.3 Å². The van der Waals surface area contributed by atoms with Crippen molar-refractivity contribution in [2.24, 2.45) is 17.2 Å². The minimum atomic E-state index is 0.587. The van der Waals surface area contributed by atoms with Crippen LogP contribution >= 0.6 is 0 Å². The maximum atomic E-state index is 5.40. The van der Waals surface area contributed by atoms with E-state index in [4.69, 9.17) is 21.9 Å². The molecule has 1 aromatic carbocycles. The van der Waals surface area contributed by atoms with Crippen LogP contribution in [0.5, 0.6) is 5.75 Å². The van der Waals surface area contributed by atoms with Gasteiger partial charge in [0.2, 0.25) is 0 Å². The second-order valence-electron chi connectivity index (χ2n) is 3.34. The van der Waals surface area contributed by atoms with E-state index in [-0.39, 0.29) is 0 Å². The number of rotatable bonds is 5. The molecular weight excluding hydrogens is 226 g/mol. The lowest BCUT2D eigenvalue weighted by Gasteiger charge is -1.99. The molecule has 18 heavy (non-hydrogen) atoms. The van der Waals surface area contributed by atoms with Crippen LogP contribution in [0.3, 0.4) is 0 Å². The summed E-state index contributed by atoms with van der Waals surface area (Å²) in [5.41, 5.74) is 16.8. The SMILES string of the molecule is CC.COc1ccc(CN)cc1.NCCCCN. The molecule has 0 aliphatic rings. The summed E-state index contributed by atoms with van der Waals surface area (Å²) in [6, 6.07) is 7.72. The molecule has 0 fully saturated rings. The zero-order valence-corrected chi connectivity index (χ0v) is 12.0. The fourth-order valence-electron chi connectivity index (χ4n) is 1.05. The van der Waals surface area contributed by atoms with Gasteiger partial charge in [-0.1, -0.05) is 26.0 Å². The highest BCUT2D eigenvalue weighted by Gasteiger charge is 1.89. The first-order chi connectivity index (χ1) is 8.78. The molecule has 0 atom stereocenters. The van der Waals surface area contributed by atoms with E-state index in [9.17, 15) is 0 Å². The van der Waals surface area contributed by atoms with Gasteiger partial charge < -0.3 is 21.9 Å². The second-order valence-corrected chi connectivity index (χ2v) is 3.34. The van der Waals surface area contributed by atoms with Gasteiger partial charge >= 0.3 is 0 Å². The average Bonchev–Trinajstić information content (AvgIpc) is 2.48. The summed E-state index contributed by atoms with van der Waals surface area (Å²) in [6.07, 6.45) is 2.13. The normalized spacial score (nSPS) is 8.56. The quantitative estimate of drug-likeness (QED) is 0.701. The number of methoxy groups -OCH3 is 1. The molecule has 6 N–H and O–H groups in total. The van der Waals surface area contributed by atoms with Crippen LogP contribution in [0.4, 0.5) is 0 Å². The minimum Gasteiger partial charge on any atom is -0.497 e. The molecule has 0 unspecified atom stereocenters. The third-order valence-corrected chi connectivity index (χ3v) is 2.05. The van der Waals surface area contributed by atoms with Crippen molar-refractivity contribution in [2.45, 2.75) is 33.2 Å². The summed E-state index contributed by atoms with van der Waals surface area (Å²) in [5.74, 6) is 0.872. The number of benzene rings is 1. The molecule has 1 rings (SSSR count). The summed E-state index contributed by atoms with van der Waals surface area (Å²) < 4.78 is 4.97. The Morgan fingerprint density at radius 2 is 1.33 bits per heavy atom. The molecule has 106 valence electrons. The lowest BCUT2D eigenvalue weighted by Crippen LogP contribution is -2.03. The number of ether oxygens (including phenoxy) is 1. The average molecular weight is 255 g/mol. The summed E-state index contributed by atoms with van der Waals surface area (Å²) >= 11 is 0. The molecule has 0 radical (unpaired) electrons. The largest absolute Gasteiger partial charge is 0.497 e. The third kappa shape index (κ3) is 11.4. The van der Waals surface area contributed by atoms with Crippen molar-refractivity contribution >= 4 is 0 Å². The zero-order chi connectivity index (χ0) is 14.2. The summed E-state index contributed by atoms with van der Waals surface area (Å²) in [6.45, 7) is 6.14. The number of hydrogen-bond donors (Lipinski definition) is 3. The van der Waals surface area contributed by atoms with Crippen molar-refractivity contribution in [3.8, 4) is 5.75 Å².